The Morgan fingerprint density at radius 2 is 2.00 bits per heavy atom. The minimum absolute atomic E-state index is 0.232. The molecule has 0 atom stereocenters. The summed E-state index contributed by atoms with van der Waals surface area (Å²) in [5, 5.41) is 14.6. The third-order valence-electron chi connectivity index (χ3n) is 4.05. The number of aromatic amines is 1. The molecular formula is C19H15ClN6O. The SMILES string of the molecule is O=C(NCc1cccnc1-n1cccn1)c1cn[nH]c1-c1ccc(Cl)cc1. The fourth-order valence-electron chi connectivity index (χ4n) is 2.73. The molecule has 0 fully saturated rings. The lowest BCUT2D eigenvalue weighted by molar-refractivity contribution is 0.0951. The summed E-state index contributed by atoms with van der Waals surface area (Å²) in [7, 11) is 0. The summed E-state index contributed by atoms with van der Waals surface area (Å²) in [4.78, 5) is 17.1. The Bertz CT molecular complexity index is 1060. The number of halogens is 1. The number of H-pyrrole nitrogens is 1. The molecule has 8 heteroatoms. The van der Waals surface area contributed by atoms with E-state index in [9.17, 15) is 4.79 Å². The first-order valence-electron chi connectivity index (χ1n) is 8.24. The number of nitrogens with one attached hydrogen (secondary N) is 2. The van der Waals surface area contributed by atoms with Crippen LogP contribution in [-0.4, -0.2) is 30.9 Å². The van der Waals surface area contributed by atoms with Crippen LogP contribution in [0.2, 0.25) is 5.02 Å². The van der Waals surface area contributed by atoms with Crippen LogP contribution < -0.4 is 5.32 Å². The van der Waals surface area contributed by atoms with Crippen LogP contribution in [0.5, 0.6) is 0 Å². The van der Waals surface area contributed by atoms with Crippen LogP contribution in [0, 0.1) is 0 Å². The van der Waals surface area contributed by atoms with Gasteiger partial charge in [-0.05, 0) is 24.3 Å². The number of aromatic nitrogens is 5. The van der Waals surface area contributed by atoms with Crippen LogP contribution in [0.3, 0.4) is 0 Å². The molecule has 0 unspecified atom stereocenters. The average Bonchev–Trinajstić information content (AvgIpc) is 3.39. The Hall–Kier alpha value is -3.45. The van der Waals surface area contributed by atoms with Gasteiger partial charge in [-0.15, -0.1) is 0 Å². The zero-order valence-corrected chi connectivity index (χ0v) is 14.9. The normalized spacial score (nSPS) is 10.7. The molecule has 0 aliphatic carbocycles. The summed E-state index contributed by atoms with van der Waals surface area (Å²) in [5.41, 5.74) is 2.79. The molecule has 0 spiro atoms. The predicted octanol–water partition coefficient (Wildman–Crippen LogP) is 3.24. The highest BCUT2D eigenvalue weighted by Crippen LogP contribution is 2.23. The van der Waals surface area contributed by atoms with Crippen LogP contribution in [0.1, 0.15) is 15.9 Å². The van der Waals surface area contributed by atoms with Crippen molar-refractivity contribution in [2.75, 3.05) is 0 Å². The summed E-state index contributed by atoms with van der Waals surface area (Å²) in [5.74, 6) is 0.442. The first kappa shape index (κ1) is 17.0. The molecule has 3 aromatic heterocycles. The number of carbonyl (C=O) groups is 1. The Kier molecular flexibility index (Phi) is 4.67. The van der Waals surface area contributed by atoms with E-state index in [-0.39, 0.29) is 5.91 Å². The summed E-state index contributed by atoms with van der Waals surface area (Å²) in [6, 6.07) is 12.8. The van der Waals surface area contributed by atoms with Gasteiger partial charge in [-0.3, -0.25) is 9.89 Å². The summed E-state index contributed by atoms with van der Waals surface area (Å²) in [6.07, 6.45) is 6.69. The smallest absolute Gasteiger partial charge is 0.255 e. The third-order valence-corrected chi connectivity index (χ3v) is 4.30. The van der Waals surface area contributed by atoms with E-state index < -0.39 is 0 Å². The topological polar surface area (TPSA) is 88.5 Å². The lowest BCUT2D eigenvalue weighted by atomic mass is 10.1. The number of benzene rings is 1. The number of amides is 1. The summed E-state index contributed by atoms with van der Waals surface area (Å²) >= 11 is 5.93. The maximum Gasteiger partial charge on any atom is 0.255 e. The Morgan fingerprint density at radius 3 is 2.78 bits per heavy atom. The van der Waals surface area contributed by atoms with E-state index in [2.05, 4.69) is 25.6 Å². The van der Waals surface area contributed by atoms with Gasteiger partial charge in [0.1, 0.15) is 0 Å². The number of carbonyl (C=O) groups excluding carboxylic acids is 1. The van der Waals surface area contributed by atoms with Crippen molar-refractivity contribution in [1.82, 2.24) is 30.3 Å². The Labute approximate surface area is 160 Å². The first-order valence-corrected chi connectivity index (χ1v) is 8.61. The first-order chi connectivity index (χ1) is 13.2. The molecule has 3 heterocycles. The third kappa shape index (κ3) is 3.58. The largest absolute Gasteiger partial charge is 0.348 e. The predicted molar refractivity (Wildman–Crippen MR) is 102 cm³/mol. The molecule has 1 amide bonds. The highest BCUT2D eigenvalue weighted by molar-refractivity contribution is 6.30. The molecule has 0 saturated heterocycles. The maximum absolute atomic E-state index is 12.7. The van der Waals surface area contributed by atoms with Gasteiger partial charge in [-0.25, -0.2) is 9.67 Å². The number of hydrogen-bond donors (Lipinski definition) is 2. The second kappa shape index (κ2) is 7.43. The standard InChI is InChI=1S/C19H15ClN6O/c20-15-6-4-13(5-7-15)17-16(12-23-25-17)19(27)22-11-14-3-1-8-21-18(14)26-10-2-9-24-26/h1-10,12H,11H2,(H,22,27)(H,23,25). The van der Waals surface area contributed by atoms with Crippen LogP contribution in [-0.2, 0) is 6.54 Å². The fourth-order valence-corrected chi connectivity index (χ4v) is 2.86. The molecule has 0 bridgehead atoms. The summed E-state index contributed by atoms with van der Waals surface area (Å²) in [6.45, 7) is 0.313. The van der Waals surface area contributed by atoms with E-state index in [4.69, 9.17) is 11.6 Å². The van der Waals surface area contributed by atoms with Crippen molar-refractivity contribution < 1.29 is 4.79 Å². The second-order valence-electron chi connectivity index (χ2n) is 5.79. The van der Waals surface area contributed by atoms with Crippen molar-refractivity contribution in [2.45, 2.75) is 6.54 Å². The quantitative estimate of drug-likeness (QED) is 0.558. The number of rotatable bonds is 5. The summed E-state index contributed by atoms with van der Waals surface area (Å²) < 4.78 is 1.67. The molecule has 1 aromatic carbocycles. The van der Waals surface area contributed by atoms with E-state index in [1.165, 1.54) is 6.20 Å². The van der Waals surface area contributed by atoms with Crippen LogP contribution >= 0.6 is 11.6 Å². The van der Waals surface area contributed by atoms with Crippen molar-refractivity contribution in [3.8, 4) is 17.1 Å². The molecule has 4 aromatic rings. The number of nitrogens with zero attached hydrogens (tertiary/aromatic N) is 4. The molecule has 0 saturated carbocycles. The van der Waals surface area contributed by atoms with Crippen molar-refractivity contribution in [3.63, 3.8) is 0 Å². The molecule has 2 N–H and O–H groups in total. The molecule has 7 nitrogen and oxygen atoms in total. The highest BCUT2D eigenvalue weighted by atomic mass is 35.5. The highest BCUT2D eigenvalue weighted by Gasteiger charge is 2.16. The molecule has 0 aliphatic rings. The second-order valence-corrected chi connectivity index (χ2v) is 6.22. The van der Waals surface area contributed by atoms with E-state index in [0.29, 0.717) is 28.6 Å². The van der Waals surface area contributed by atoms with Gasteiger partial charge >= 0.3 is 0 Å². The van der Waals surface area contributed by atoms with E-state index in [0.717, 1.165) is 11.1 Å². The van der Waals surface area contributed by atoms with E-state index >= 15 is 0 Å². The van der Waals surface area contributed by atoms with Crippen molar-refractivity contribution in [1.29, 1.82) is 0 Å². The van der Waals surface area contributed by atoms with E-state index in [1.807, 2.05) is 36.5 Å². The molecule has 0 aliphatic heterocycles. The minimum Gasteiger partial charge on any atom is -0.348 e. The van der Waals surface area contributed by atoms with Crippen LogP contribution in [0.15, 0.2) is 67.3 Å². The fraction of sp³-hybridized carbons (Fsp3) is 0.0526. The lowest BCUT2D eigenvalue weighted by Gasteiger charge is -2.10. The van der Waals surface area contributed by atoms with Crippen LogP contribution in [0.25, 0.3) is 17.1 Å². The number of hydrogen-bond acceptors (Lipinski definition) is 4. The van der Waals surface area contributed by atoms with Gasteiger partial charge in [0.05, 0.1) is 17.5 Å². The zero-order valence-electron chi connectivity index (χ0n) is 14.1. The van der Waals surface area contributed by atoms with Gasteiger partial charge in [-0.1, -0.05) is 29.8 Å². The number of pyridine rings is 1. The maximum atomic E-state index is 12.7. The minimum atomic E-state index is -0.232. The van der Waals surface area contributed by atoms with Gasteiger partial charge in [-0.2, -0.15) is 10.2 Å². The molecular weight excluding hydrogens is 364 g/mol. The molecule has 27 heavy (non-hydrogen) atoms. The van der Waals surface area contributed by atoms with Gasteiger partial charge in [0.15, 0.2) is 5.82 Å². The Balaban J connectivity index is 1.54. The van der Waals surface area contributed by atoms with Crippen molar-refractivity contribution >= 4 is 17.5 Å². The van der Waals surface area contributed by atoms with Gasteiger partial charge in [0, 0.05) is 41.3 Å². The monoisotopic (exact) mass is 378 g/mol. The van der Waals surface area contributed by atoms with Gasteiger partial charge < -0.3 is 5.32 Å². The van der Waals surface area contributed by atoms with E-state index in [1.54, 1.807) is 29.2 Å². The van der Waals surface area contributed by atoms with Crippen LogP contribution in [0.4, 0.5) is 0 Å². The van der Waals surface area contributed by atoms with Gasteiger partial charge in [0.25, 0.3) is 5.91 Å². The zero-order chi connectivity index (χ0) is 18.6. The van der Waals surface area contributed by atoms with Crippen molar-refractivity contribution in [2.24, 2.45) is 0 Å². The molecule has 134 valence electrons. The molecule has 4 rings (SSSR count). The van der Waals surface area contributed by atoms with Crippen molar-refractivity contribution in [3.05, 3.63) is 83.4 Å². The lowest BCUT2D eigenvalue weighted by Crippen LogP contribution is -2.24. The Morgan fingerprint density at radius 1 is 1.15 bits per heavy atom. The molecule has 0 radical (unpaired) electrons. The average molecular weight is 379 g/mol. The van der Waals surface area contributed by atoms with Gasteiger partial charge in [0.2, 0.25) is 0 Å².